The summed E-state index contributed by atoms with van der Waals surface area (Å²) in [6.45, 7) is 38.9. The van der Waals surface area contributed by atoms with E-state index in [0.29, 0.717) is 0 Å². The van der Waals surface area contributed by atoms with Crippen LogP contribution in [0.3, 0.4) is 0 Å². The Hall–Kier alpha value is -2.12. The van der Waals surface area contributed by atoms with E-state index in [-0.39, 0.29) is 17.1 Å². The Kier molecular flexibility index (Phi) is 20.1. The number of rotatable bonds is 10. The largest absolute Gasteiger partial charge is 2.00 e. The van der Waals surface area contributed by atoms with E-state index in [9.17, 15) is 0 Å². The van der Waals surface area contributed by atoms with Crippen molar-refractivity contribution in [2.45, 2.75) is 133 Å². The summed E-state index contributed by atoms with van der Waals surface area (Å²) in [5, 5.41) is 0. The molecular weight excluding hydrogens is 646 g/mol. The van der Waals surface area contributed by atoms with Crippen LogP contribution in [0.25, 0.3) is 0 Å². The zero-order valence-electron chi connectivity index (χ0n) is 32.4. The normalized spacial score (nSPS) is 12.0. The molecule has 0 radical (unpaired) electrons. The Balaban J connectivity index is 0.00000103. The Morgan fingerprint density at radius 2 is 0.809 bits per heavy atom. The number of aromatic nitrogens is 1. The van der Waals surface area contributed by atoms with Crippen LogP contribution in [-0.4, -0.2) is 32.6 Å². The van der Waals surface area contributed by atoms with E-state index < -0.39 is 16.1 Å². The van der Waals surface area contributed by atoms with Crippen LogP contribution >= 0.6 is 0 Å². The van der Waals surface area contributed by atoms with Gasteiger partial charge >= 0.3 is 17.1 Å². The molecule has 260 valence electrons. The predicted molar refractivity (Wildman–Crippen MR) is 214 cm³/mol. The van der Waals surface area contributed by atoms with E-state index >= 15 is 0 Å². The van der Waals surface area contributed by atoms with E-state index in [1.54, 1.807) is 0 Å². The van der Waals surface area contributed by atoms with Crippen LogP contribution < -0.4 is 0 Å². The number of aryl methyl sites for hydroxylation is 6. The molecule has 0 atom stereocenters. The third-order valence-electron chi connectivity index (χ3n) is 9.82. The van der Waals surface area contributed by atoms with Gasteiger partial charge in [0, 0.05) is 0 Å². The fourth-order valence-electron chi connectivity index (χ4n) is 5.49. The van der Waals surface area contributed by atoms with Crippen molar-refractivity contribution >= 4 is 38.9 Å². The average molecular weight is 712 g/mol. The minimum Gasteiger partial charge on any atom is -0.342 e. The molecule has 2 aromatic carbocycles. The molecule has 0 spiro atoms. The van der Waals surface area contributed by atoms with Crippen molar-refractivity contribution in [1.29, 1.82) is 0 Å². The summed E-state index contributed by atoms with van der Waals surface area (Å²) < 4.78 is 0. The van der Waals surface area contributed by atoms with Gasteiger partial charge in [-0.3, -0.25) is 9.98 Å². The molecule has 1 heterocycles. The summed E-state index contributed by atoms with van der Waals surface area (Å²) in [6.07, 6.45) is 0. The molecule has 0 fully saturated rings. The minimum atomic E-state index is -0.921. The summed E-state index contributed by atoms with van der Waals surface area (Å²) in [4.78, 5) is 14.7. The first-order valence-electron chi connectivity index (χ1n) is 17.5. The molecule has 0 aliphatic rings. The maximum atomic E-state index is 4.91. The van der Waals surface area contributed by atoms with E-state index in [1.807, 2.05) is 32.0 Å². The average Bonchev–Trinajstić information content (AvgIpc) is 3.04. The third-order valence-corrected chi connectivity index (χ3v) is 18.8. The van der Waals surface area contributed by atoms with Crippen LogP contribution in [0, 0.1) is 54.6 Å². The monoisotopic (exact) mass is 711 g/mol. The van der Waals surface area contributed by atoms with Crippen molar-refractivity contribution in [3.05, 3.63) is 100 Å². The van der Waals surface area contributed by atoms with Crippen LogP contribution in [0.4, 0.5) is 11.4 Å². The van der Waals surface area contributed by atoms with E-state index in [4.69, 9.17) is 15.0 Å². The van der Waals surface area contributed by atoms with Gasteiger partial charge in [-0.15, -0.1) is 0 Å². The van der Waals surface area contributed by atoms with Crippen molar-refractivity contribution in [3.63, 3.8) is 0 Å². The first kappa shape index (κ1) is 44.9. The van der Waals surface area contributed by atoms with Gasteiger partial charge in [0.2, 0.25) is 0 Å². The summed E-state index contributed by atoms with van der Waals surface area (Å²) in [5.41, 5.74) is 12.9. The zero-order valence-corrected chi connectivity index (χ0v) is 35.5. The second-order valence-electron chi connectivity index (χ2n) is 13.4. The molecule has 0 saturated heterocycles. The maximum Gasteiger partial charge on any atom is 2.00 e. The van der Waals surface area contributed by atoms with Crippen molar-refractivity contribution in [1.82, 2.24) is 4.98 Å². The van der Waals surface area contributed by atoms with Gasteiger partial charge in [-0.25, -0.2) is 4.98 Å². The maximum absolute atomic E-state index is 4.91. The molecule has 0 aliphatic heterocycles. The number of pyridine rings is 1. The number of benzene rings is 2. The molecule has 0 bridgehead atoms. The van der Waals surface area contributed by atoms with Gasteiger partial charge in [-0.1, -0.05) is 135 Å². The van der Waals surface area contributed by atoms with Gasteiger partial charge in [-0.2, -0.15) is 0 Å². The van der Waals surface area contributed by atoms with Crippen molar-refractivity contribution < 1.29 is 17.1 Å². The molecule has 0 aliphatic carbocycles. The first-order chi connectivity index (χ1) is 21.5. The van der Waals surface area contributed by atoms with E-state index in [0.717, 1.165) is 34.2 Å². The van der Waals surface area contributed by atoms with Crippen LogP contribution in [0.2, 0.25) is 36.3 Å². The Morgan fingerprint density at radius 1 is 0.553 bits per heavy atom. The number of hydrogen-bond acceptors (Lipinski definition) is 3. The second kappa shape index (κ2) is 21.1. The third kappa shape index (κ3) is 14.1. The molecule has 0 amide bonds. The molecule has 3 aromatic rings. The fraction of sp³-hybridized carbons (Fsp3) is 0.488. The van der Waals surface area contributed by atoms with Crippen molar-refractivity contribution in [2.24, 2.45) is 9.98 Å². The van der Waals surface area contributed by atoms with Gasteiger partial charge in [0.25, 0.3) is 0 Å². The van der Waals surface area contributed by atoms with Gasteiger partial charge in [0.15, 0.2) is 0 Å². The van der Waals surface area contributed by atoms with Crippen LogP contribution in [-0.2, 0) is 17.1 Å². The number of aliphatic imine (C=N–C) groups is 2. The summed E-state index contributed by atoms with van der Waals surface area (Å²) >= 11 is 0. The Morgan fingerprint density at radius 3 is 1.02 bits per heavy atom. The predicted octanol–water partition coefficient (Wildman–Crippen LogP) is 12.9. The fourth-order valence-corrected chi connectivity index (χ4v) is 8.49. The van der Waals surface area contributed by atoms with Crippen LogP contribution in [0.5, 0.6) is 0 Å². The Bertz CT molecular complexity index is 1300. The topological polar surface area (TPSA) is 37.6 Å². The molecular formula is C41H65FeN3Si2. The molecule has 6 heteroatoms. The molecule has 0 unspecified atom stereocenters. The zero-order chi connectivity index (χ0) is 35.2. The SMILES string of the molecule is CC(=Nc1c(C)cc(C)cc1C)c1cccc(C(C)=Nc2c(C)cc(C)cc2C)n1.[CH2-][Si](CC)(CC)CC.[CH2-][Si](CC)(CC)CC.[Fe+2]. The van der Waals surface area contributed by atoms with Gasteiger partial charge < -0.3 is 13.1 Å². The standard InChI is InChI=1S/C27H31N3.2C7H17Si.Fe/c1-16-12-18(3)26(19(4)13-16)28-22(7)24-10-9-11-25(30-24)23(8)29-27-20(5)14-17(2)15-21(27)6;2*1-5-8(4,6-2)7-3;/h9-15H,1-8H3;2*4-7H2,1-3H3;/q;2*-1;+2. The van der Waals surface area contributed by atoms with Gasteiger partial charge in [0.05, 0.1) is 34.2 Å². The quantitative estimate of drug-likeness (QED) is 0.117. The molecule has 3 rings (SSSR count). The van der Waals surface area contributed by atoms with Gasteiger partial charge in [0.1, 0.15) is 0 Å². The van der Waals surface area contributed by atoms with Crippen LogP contribution in [0.15, 0.2) is 52.4 Å². The molecule has 47 heavy (non-hydrogen) atoms. The molecule has 1 aromatic heterocycles. The molecule has 0 N–H and O–H groups in total. The number of nitrogens with zero attached hydrogens (tertiary/aromatic N) is 3. The summed E-state index contributed by atoms with van der Waals surface area (Å²) in [7, 11) is -1.84. The molecule has 0 saturated carbocycles. The number of hydrogen-bond donors (Lipinski definition) is 0. The van der Waals surface area contributed by atoms with E-state index in [2.05, 4.69) is 120 Å². The van der Waals surface area contributed by atoms with Gasteiger partial charge in [-0.05, 0) is 89.8 Å². The molecule has 3 nitrogen and oxygen atoms in total. The minimum absolute atomic E-state index is 0. The van der Waals surface area contributed by atoms with Crippen molar-refractivity contribution in [3.8, 4) is 0 Å². The summed E-state index contributed by atoms with van der Waals surface area (Å²) in [6, 6.07) is 22.8. The smallest absolute Gasteiger partial charge is 0.342 e. The first-order valence-corrected chi connectivity index (χ1v) is 23.1. The van der Waals surface area contributed by atoms with Crippen LogP contribution in [0.1, 0.15) is 100 Å². The summed E-state index contributed by atoms with van der Waals surface area (Å²) in [5.74, 6) is 0. The van der Waals surface area contributed by atoms with E-state index in [1.165, 1.54) is 69.6 Å². The second-order valence-corrected chi connectivity index (χ2v) is 23.7. The Labute approximate surface area is 303 Å². The van der Waals surface area contributed by atoms with Crippen molar-refractivity contribution in [2.75, 3.05) is 0 Å².